The number of alkyl halides is 3. The van der Waals surface area contributed by atoms with Crippen LogP contribution in [0.1, 0.15) is 17.5 Å². The molecule has 0 unspecified atom stereocenters. The normalized spacial score (nSPS) is 14.9. The Morgan fingerprint density at radius 3 is 2.60 bits per heavy atom. The highest BCUT2D eigenvalue weighted by molar-refractivity contribution is 5.85. The first kappa shape index (κ1) is 12.2. The van der Waals surface area contributed by atoms with Gasteiger partial charge < -0.3 is 5.32 Å². The quantitative estimate of drug-likeness (QED) is 0.728. The summed E-state index contributed by atoms with van der Waals surface area (Å²) < 4.78 is 37.6. The van der Waals surface area contributed by atoms with Crippen LogP contribution in [0.4, 0.5) is 18.9 Å². The summed E-state index contributed by atoms with van der Waals surface area (Å²) in [6.07, 6.45) is -2.96. The van der Waals surface area contributed by atoms with Gasteiger partial charge in [0.15, 0.2) is 0 Å². The fourth-order valence-corrected chi connectivity index (χ4v) is 1.78. The van der Waals surface area contributed by atoms with Crippen LogP contribution in [0.2, 0.25) is 0 Å². The van der Waals surface area contributed by atoms with E-state index in [0.29, 0.717) is 17.7 Å². The maximum absolute atomic E-state index is 12.5. The van der Waals surface area contributed by atoms with Gasteiger partial charge in [0.1, 0.15) is 0 Å². The Labute approximate surface area is 92.1 Å². The van der Waals surface area contributed by atoms with Crippen LogP contribution in [0.25, 0.3) is 0 Å². The predicted octanol–water partition coefficient (Wildman–Crippen LogP) is 3.49. The van der Waals surface area contributed by atoms with E-state index in [4.69, 9.17) is 0 Å². The highest BCUT2D eigenvalue weighted by Crippen LogP contribution is 2.36. The number of nitrogens with one attached hydrogen (secondary N) is 1. The number of hydrogen-bond acceptors (Lipinski definition) is 1. The molecule has 0 aliphatic carbocycles. The molecule has 1 N–H and O–H groups in total. The van der Waals surface area contributed by atoms with Crippen molar-refractivity contribution in [3.05, 3.63) is 29.3 Å². The Balaban J connectivity index is 0.00000112. The molecular weight excluding hydrogens is 227 g/mol. The van der Waals surface area contributed by atoms with Crippen molar-refractivity contribution in [1.82, 2.24) is 0 Å². The summed E-state index contributed by atoms with van der Waals surface area (Å²) in [4.78, 5) is 0. The first-order chi connectivity index (χ1) is 6.59. The van der Waals surface area contributed by atoms with Crippen molar-refractivity contribution in [2.24, 2.45) is 0 Å². The van der Waals surface area contributed by atoms with Crippen LogP contribution in [0, 0.1) is 0 Å². The number of anilines is 1. The van der Waals surface area contributed by atoms with E-state index in [9.17, 15) is 13.2 Å². The number of benzene rings is 1. The first-order valence-electron chi connectivity index (χ1n) is 4.52. The summed E-state index contributed by atoms with van der Waals surface area (Å²) >= 11 is 0. The highest BCUT2D eigenvalue weighted by atomic mass is 35.5. The van der Waals surface area contributed by atoms with Crippen LogP contribution in [-0.4, -0.2) is 6.54 Å². The molecule has 2 rings (SSSR count). The molecule has 0 aromatic heterocycles. The molecule has 0 atom stereocenters. The van der Waals surface area contributed by atoms with Crippen molar-refractivity contribution in [2.75, 3.05) is 11.9 Å². The van der Waals surface area contributed by atoms with Crippen molar-refractivity contribution < 1.29 is 13.2 Å². The summed E-state index contributed by atoms with van der Waals surface area (Å²) in [5.74, 6) is 0. The van der Waals surface area contributed by atoms with E-state index in [1.807, 2.05) is 0 Å². The molecule has 1 aliphatic heterocycles. The minimum Gasteiger partial charge on any atom is -0.385 e. The third kappa shape index (κ3) is 2.37. The molecule has 0 bridgehead atoms. The molecule has 0 saturated carbocycles. The van der Waals surface area contributed by atoms with Gasteiger partial charge in [0.2, 0.25) is 0 Å². The second-order valence-electron chi connectivity index (χ2n) is 3.36. The van der Waals surface area contributed by atoms with Gasteiger partial charge in [-0.05, 0) is 30.5 Å². The van der Waals surface area contributed by atoms with Crippen LogP contribution >= 0.6 is 12.4 Å². The van der Waals surface area contributed by atoms with E-state index >= 15 is 0 Å². The standard InChI is InChI=1S/C10H10F3N.ClH/c11-10(12,13)8-4-1-5-9-7(8)3-2-6-14-9;/h1,4-5,14H,2-3,6H2;1H. The van der Waals surface area contributed by atoms with Gasteiger partial charge in [-0.3, -0.25) is 0 Å². The minimum atomic E-state index is -4.23. The molecule has 1 aromatic carbocycles. The molecule has 1 aromatic rings. The smallest absolute Gasteiger partial charge is 0.385 e. The van der Waals surface area contributed by atoms with Crippen molar-refractivity contribution in [3.8, 4) is 0 Å². The van der Waals surface area contributed by atoms with Gasteiger partial charge in [0, 0.05) is 12.2 Å². The topological polar surface area (TPSA) is 12.0 Å². The second kappa shape index (κ2) is 4.31. The average Bonchev–Trinajstić information content (AvgIpc) is 2.15. The molecule has 1 aliphatic rings. The summed E-state index contributed by atoms with van der Waals surface area (Å²) in [6, 6.07) is 4.29. The summed E-state index contributed by atoms with van der Waals surface area (Å²) in [5, 5.41) is 2.98. The van der Waals surface area contributed by atoms with Crippen molar-refractivity contribution >= 4 is 18.1 Å². The zero-order valence-corrected chi connectivity index (χ0v) is 8.71. The highest BCUT2D eigenvalue weighted by Gasteiger charge is 2.34. The van der Waals surface area contributed by atoms with Gasteiger partial charge in [-0.15, -0.1) is 12.4 Å². The molecule has 15 heavy (non-hydrogen) atoms. The number of rotatable bonds is 0. The van der Waals surface area contributed by atoms with Crippen LogP contribution in [0.5, 0.6) is 0 Å². The van der Waals surface area contributed by atoms with Crippen LogP contribution in [-0.2, 0) is 12.6 Å². The SMILES string of the molecule is Cl.FC(F)(F)c1cccc2c1CCCN2. The van der Waals surface area contributed by atoms with E-state index < -0.39 is 11.7 Å². The molecule has 1 heterocycles. The number of hydrogen-bond donors (Lipinski definition) is 1. The van der Waals surface area contributed by atoms with Gasteiger partial charge >= 0.3 is 6.18 Å². The fourth-order valence-electron chi connectivity index (χ4n) is 1.78. The van der Waals surface area contributed by atoms with Gasteiger partial charge in [0.25, 0.3) is 0 Å². The monoisotopic (exact) mass is 237 g/mol. The predicted molar refractivity (Wildman–Crippen MR) is 55.5 cm³/mol. The first-order valence-corrected chi connectivity index (χ1v) is 4.52. The van der Waals surface area contributed by atoms with Crippen LogP contribution < -0.4 is 5.32 Å². The number of halogens is 4. The minimum absolute atomic E-state index is 0. The Bertz CT molecular complexity index is 349. The van der Waals surface area contributed by atoms with Crippen molar-refractivity contribution in [2.45, 2.75) is 19.0 Å². The van der Waals surface area contributed by atoms with Crippen LogP contribution in [0.3, 0.4) is 0 Å². The largest absolute Gasteiger partial charge is 0.416 e. The summed E-state index contributed by atoms with van der Waals surface area (Å²) in [5.41, 5.74) is 0.541. The maximum Gasteiger partial charge on any atom is 0.416 e. The van der Waals surface area contributed by atoms with Crippen molar-refractivity contribution in [3.63, 3.8) is 0 Å². The molecular formula is C10H11ClF3N. The zero-order valence-electron chi connectivity index (χ0n) is 7.90. The van der Waals surface area contributed by atoms with E-state index in [2.05, 4.69) is 5.32 Å². The molecule has 5 heteroatoms. The lowest BCUT2D eigenvalue weighted by atomic mass is 9.97. The van der Waals surface area contributed by atoms with E-state index in [-0.39, 0.29) is 12.4 Å². The van der Waals surface area contributed by atoms with Gasteiger partial charge in [0.05, 0.1) is 5.56 Å². The Morgan fingerprint density at radius 2 is 1.93 bits per heavy atom. The molecule has 0 spiro atoms. The van der Waals surface area contributed by atoms with E-state index in [0.717, 1.165) is 19.0 Å². The lowest BCUT2D eigenvalue weighted by Crippen LogP contribution is -2.17. The molecule has 0 fully saturated rings. The lowest BCUT2D eigenvalue weighted by Gasteiger charge is -2.21. The summed E-state index contributed by atoms with van der Waals surface area (Å²) in [7, 11) is 0. The summed E-state index contributed by atoms with van der Waals surface area (Å²) in [6.45, 7) is 0.758. The molecule has 0 amide bonds. The van der Waals surface area contributed by atoms with Gasteiger partial charge in [-0.2, -0.15) is 13.2 Å². The molecule has 1 nitrogen and oxygen atoms in total. The van der Waals surface area contributed by atoms with Gasteiger partial charge in [-0.1, -0.05) is 6.07 Å². The van der Waals surface area contributed by atoms with E-state index in [1.165, 1.54) is 6.07 Å². The zero-order chi connectivity index (χ0) is 10.2. The molecule has 0 radical (unpaired) electrons. The Kier molecular flexibility index (Phi) is 3.50. The maximum atomic E-state index is 12.5. The van der Waals surface area contributed by atoms with Crippen molar-refractivity contribution in [1.29, 1.82) is 0 Å². The fraction of sp³-hybridized carbons (Fsp3) is 0.400. The van der Waals surface area contributed by atoms with Gasteiger partial charge in [-0.25, -0.2) is 0 Å². The Morgan fingerprint density at radius 1 is 1.20 bits per heavy atom. The van der Waals surface area contributed by atoms with Crippen LogP contribution in [0.15, 0.2) is 18.2 Å². The third-order valence-corrected chi connectivity index (χ3v) is 2.40. The lowest BCUT2D eigenvalue weighted by molar-refractivity contribution is -0.138. The number of fused-ring (bicyclic) bond motifs is 1. The average molecular weight is 238 g/mol. The third-order valence-electron chi connectivity index (χ3n) is 2.40. The van der Waals surface area contributed by atoms with E-state index in [1.54, 1.807) is 6.07 Å². The molecule has 84 valence electrons. The molecule has 0 saturated heterocycles. The second-order valence-corrected chi connectivity index (χ2v) is 3.36. The Hall–Kier alpha value is -0.900.